The van der Waals surface area contributed by atoms with Crippen LogP contribution < -0.4 is 10.6 Å². The Morgan fingerprint density at radius 1 is 0.875 bits per heavy atom. The highest BCUT2D eigenvalue weighted by Gasteiger charge is 2.34. The molecular formula is C16H26F3N3O2. The Labute approximate surface area is 140 Å². The highest BCUT2D eigenvalue weighted by atomic mass is 19.4. The first-order chi connectivity index (χ1) is 11.4. The lowest BCUT2D eigenvalue weighted by molar-refractivity contribution is -0.122. The monoisotopic (exact) mass is 349 g/mol. The Morgan fingerprint density at radius 2 is 1.33 bits per heavy atom. The molecule has 2 saturated carbocycles. The molecule has 8 heteroatoms. The van der Waals surface area contributed by atoms with Crippen molar-refractivity contribution in [1.29, 1.82) is 0 Å². The Morgan fingerprint density at radius 3 is 1.75 bits per heavy atom. The van der Waals surface area contributed by atoms with Crippen LogP contribution in [0.5, 0.6) is 0 Å². The summed E-state index contributed by atoms with van der Waals surface area (Å²) in [5.41, 5.74) is 0. The highest BCUT2D eigenvalue weighted by molar-refractivity contribution is 5.93. The maximum Gasteiger partial charge on any atom is 0.405 e. The zero-order valence-corrected chi connectivity index (χ0v) is 13.8. The normalized spacial score (nSPS) is 20.5. The molecule has 0 aliphatic heterocycles. The summed E-state index contributed by atoms with van der Waals surface area (Å²) in [6.07, 6.45) is 5.55. The molecule has 24 heavy (non-hydrogen) atoms. The third kappa shape index (κ3) is 5.87. The summed E-state index contributed by atoms with van der Waals surface area (Å²) < 4.78 is 36.5. The van der Waals surface area contributed by atoms with Crippen molar-refractivity contribution in [3.8, 4) is 0 Å². The largest absolute Gasteiger partial charge is 0.405 e. The van der Waals surface area contributed by atoms with Gasteiger partial charge in [0.2, 0.25) is 0 Å². The quantitative estimate of drug-likeness (QED) is 0.811. The third-order valence-corrected chi connectivity index (χ3v) is 4.84. The van der Waals surface area contributed by atoms with Crippen LogP contribution in [0.4, 0.5) is 22.8 Å². The molecule has 0 radical (unpaired) electrons. The van der Waals surface area contributed by atoms with Crippen molar-refractivity contribution >= 4 is 12.1 Å². The van der Waals surface area contributed by atoms with E-state index in [1.165, 1.54) is 0 Å². The van der Waals surface area contributed by atoms with Crippen molar-refractivity contribution < 1.29 is 22.8 Å². The molecule has 0 aromatic rings. The first kappa shape index (κ1) is 18.9. The molecule has 4 amide bonds. The molecule has 0 bridgehead atoms. The first-order valence-corrected chi connectivity index (χ1v) is 8.81. The number of hydrogen-bond acceptors (Lipinski definition) is 2. The van der Waals surface area contributed by atoms with E-state index >= 15 is 0 Å². The number of carbonyl (C=O) groups excluding carboxylic acids is 2. The van der Waals surface area contributed by atoms with Gasteiger partial charge in [-0.15, -0.1) is 0 Å². The second-order valence-electron chi connectivity index (χ2n) is 6.72. The van der Waals surface area contributed by atoms with E-state index in [1.54, 1.807) is 10.2 Å². The second kappa shape index (κ2) is 8.58. The highest BCUT2D eigenvalue weighted by Crippen LogP contribution is 2.30. The van der Waals surface area contributed by atoms with E-state index in [-0.39, 0.29) is 12.1 Å². The summed E-state index contributed by atoms with van der Waals surface area (Å²) in [7, 11) is 0. The van der Waals surface area contributed by atoms with Crippen molar-refractivity contribution in [2.45, 2.75) is 82.5 Å². The number of nitrogens with zero attached hydrogens (tertiary/aromatic N) is 1. The van der Waals surface area contributed by atoms with Crippen molar-refractivity contribution in [3.05, 3.63) is 0 Å². The van der Waals surface area contributed by atoms with Crippen LogP contribution in [-0.2, 0) is 0 Å². The third-order valence-electron chi connectivity index (χ3n) is 4.84. The zero-order valence-electron chi connectivity index (χ0n) is 13.8. The van der Waals surface area contributed by atoms with E-state index in [4.69, 9.17) is 0 Å². The number of alkyl halides is 3. The molecule has 2 rings (SSSR count). The fourth-order valence-corrected chi connectivity index (χ4v) is 3.73. The molecule has 0 spiro atoms. The topological polar surface area (TPSA) is 61.4 Å². The van der Waals surface area contributed by atoms with Crippen LogP contribution >= 0.6 is 0 Å². The van der Waals surface area contributed by atoms with E-state index in [1.807, 2.05) is 0 Å². The number of rotatable bonds is 3. The fourth-order valence-electron chi connectivity index (χ4n) is 3.73. The second-order valence-corrected chi connectivity index (χ2v) is 6.72. The Bertz CT molecular complexity index is 413. The number of imide groups is 1. The molecule has 138 valence electrons. The smallest absolute Gasteiger partial charge is 0.329 e. The number of amides is 4. The summed E-state index contributed by atoms with van der Waals surface area (Å²) in [6, 6.07) is -1.49. The Balaban J connectivity index is 1.96. The van der Waals surface area contributed by atoms with Gasteiger partial charge >= 0.3 is 18.2 Å². The molecular weight excluding hydrogens is 323 g/mol. The predicted molar refractivity (Wildman–Crippen MR) is 83.6 cm³/mol. The standard InChI is InChI=1S/C16H26F3N3O2/c17-16(18,19)11-20-14(23)21-15(24)22(12-7-3-1-4-8-12)13-9-5-2-6-10-13/h12-13H,1-11H2,(H2,20,21,23,24). The van der Waals surface area contributed by atoms with Crippen LogP contribution in [-0.4, -0.2) is 41.8 Å². The van der Waals surface area contributed by atoms with Crippen LogP contribution in [0.15, 0.2) is 0 Å². The number of halogens is 3. The van der Waals surface area contributed by atoms with Gasteiger partial charge in [-0.2, -0.15) is 13.2 Å². The molecule has 2 fully saturated rings. The van der Waals surface area contributed by atoms with Crippen molar-refractivity contribution in [1.82, 2.24) is 15.5 Å². The van der Waals surface area contributed by atoms with E-state index in [2.05, 4.69) is 5.32 Å². The minimum absolute atomic E-state index is 0.0808. The maximum absolute atomic E-state index is 12.5. The van der Waals surface area contributed by atoms with Crippen LogP contribution in [0.3, 0.4) is 0 Å². The molecule has 0 aromatic carbocycles. The molecule has 0 atom stereocenters. The van der Waals surface area contributed by atoms with Gasteiger partial charge in [-0.3, -0.25) is 5.32 Å². The molecule has 5 nitrogen and oxygen atoms in total. The van der Waals surface area contributed by atoms with E-state index in [0.29, 0.717) is 0 Å². The van der Waals surface area contributed by atoms with Crippen molar-refractivity contribution in [2.75, 3.05) is 6.54 Å². The Hall–Kier alpha value is -1.47. The lowest BCUT2D eigenvalue weighted by atomic mass is 9.89. The number of carbonyl (C=O) groups is 2. The fraction of sp³-hybridized carbons (Fsp3) is 0.875. The number of hydrogen-bond donors (Lipinski definition) is 2. The zero-order chi connectivity index (χ0) is 17.6. The molecule has 2 N–H and O–H groups in total. The first-order valence-electron chi connectivity index (χ1n) is 8.81. The van der Waals surface area contributed by atoms with Crippen LogP contribution in [0.1, 0.15) is 64.2 Å². The average Bonchev–Trinajstić information content (AvgIpc) is 2.54. The number of nitrogens with one attached hydrogen (secondary N) is 2. The van der Waals surface area contributed by atoms with Crippen LogP contribution in [0, 0.1) is 0 Å². The number of urea groups is 2. The van der Waals surface area contributed by atoms with Gasteiger partial charge in [-0.1, -0.05) is 38.5 Å². The summed E-state index contributed by atoms with van der Waals surface area (Å²) >= 11 is 0. The summed E-state index contributed by atoms with van der Waals surface area (Å²) in [4.78, 5) is 25.9. The van der Waals surface area contributed by atoms with Crippen molar-refractivity contribution in [3.63, 3.8) is 0 Å². The maximum atomic E-state index is 12.5. The van der Waals surface area contributed by atoms with Gasteiger partial charge in [0, 0.05) is 12.1 Å². The Kier molecular flexibility index (Phi) is 6.74. The van der Waals surface area contributed by atoms with Gasteiger partial charge < -0.3 is 10.2 Å². The van der Waals surface area contributed by atoms with Gasteiger partial charge in [-0.25, -0.2) is 9.59 Å². The van der Waals surface area contributed by atoms with Gasteiger partial charge in [0.1, 0.15) is 6.54 Å². The van der Waals surface area contributed by atoms with Gasteiger partial charge in [0.15, 0.2) is 0 Å². The lowest BCUT2D eigenvalue weighted by Gasteiger charge is -2.41. The molecule has 0 aromatic heterocycles. The van der Waals surface area contributed by atoms with Crippen LogP contribution in [0.25, 0.3) is 0 Å². The summed E-state index contributed by atoms with van der Waals surface area (Å²) in [5.74, 6) is 0. The van der Waals surface area contributed by atoms with E-state index in [0.717, 1.165) is 64.2 Å². The molecule has 2 aliphatic carbocycles. The molecule has 0 unspecified atom stereocenters. The van der Waals surface area contributed by atoms with E-state index in [9.17, 15) is 22.8 Å². The van der Waals surface area contributed by atoms with Gasteiger partial charge in [0.25, 0.3) is 0 Å². The predicted octanol–water partition coefficient (Wildman–Crippen LogP) is 3.94. The lowest BCUT2D eigenvalue weighted by Crippen LogP contribution is -2.55. The van der Waals surface area contributed by atoms with Gasteiger partial charge in [0.05, 0.1) is 0 Å². The van der Waals surface area contributed by atoms with E-state index < -0.39 is 24.8 Å². The molecule has 0 heterocycles. The summed E-state index contributed by atoms with van der Waals surface area (Å²) in [5, 5.41) is 3.78. The van der Waals surface area contributed by atoms with Gasteiger partial charge in [-0.05, 0) is 25.7 Å². The minimum atomic E-state index is -4.49. The average molecular weight is 349 g/mol. The molecule has 0 saturated heterocycles. The van der Waals surface area contributed by atoms with Crippen molar-refractivity contribution in [2.24, 2.45) is 0 Å². The minimum Gasteiger partial charge on any atom is -0.329 e. The SMILES string of the molecule is O=C(NCC(F)(F)F)NC(=O)N(C1CCCCC1)C1CCCCC1. The summed E-state index contributed by atoms with van der Waals surface area (Å²) in [6.45, 7) is -1.45. The van der Waals surface area contributed by atoms with Crippen LogP contribution in [0.2, 0.25) is 0 Å². The molecule has 2 aliphatic rings.